The van der Waals surface area contributed by atoms with Crippen molar-refractivity contribution in [3.8, 4) is 0 Å². The highest BCUT2D eigenvalue weighted by Gasteiger charge is 2.26. The van der Waals surface area contributed by atoms with E-state index in [1.165, 1.54) is 19.1 Å². The maximum atomic E-state index is 11.3. The summed E-state index contributed by atoms with van der Waals surface area (Å²) in [5.74, 6) is 0. The highest BCUT2D eigenvalue weighted by molar-refractivity contribution is 7.90. The maximum absolute atomic E-state index is 11.3. The lowest BCUT2D eigenvalue weighted by atomic mass is 9.75. The molecule has 1 aromatic heterocycles. The summed E-state index contributed by atoms with van der Waals surface area (Å²) in [6, 6.07) is 3.83. The van der Waals surface area contributed by atoms with Crippen LogP contribution in [0.3, 0.4) is 0 Å². The van der Waals surface area contributed by atoms with Crippen LogP contribution in [0, 0.1) is 5.41 Å². The lowest BCUT2D eigenvalue weighted by Gasteiger charge is -2.35. The summed E-state index contributed by atoms with van der Waals surface area (Å²) in [5, 5.41) is 3.57. The van der Waals surface area contributed by atoms with Gasteiger partial charge in [-0.1, -0.05) is 13.8 Å². The van der Waals surface area contributed by atoms with Crippen LogP contribution < -0.4 is 5.32 Å². The second-order valence-electron chi connectivity index (χ2n) is 6.24. The van der Waals surface area contributed by atoms with Crippen molar-refractivity contribution >= 4 is 15.5 Å². The van der Waals surface area contributed by atoms with Gasteiger partial charge < -0.3 is 5.32 Å². The monoisotopic (exact) mass is 282 g/mol. The number of anilines is 1. The molecule has 4 nitrogen and oxygen atoms in total. The van der Waals surface area contributed by atoms with Crippen molar-refractivity contribution in [1.29, 1.82) is 0 Å². The van der Waals surface area contributed by atoms with Crippen LogP contribution in [-0.2, 0) is 9.84 Å². The first-order valence-corrected chi connectivity index (χ1v) is 8.58. The Labute approximate surface area is 115 Å². The van der Waals surface area contributed by atoms with Crippen LogP contribution in [0.4, 0.5) is 5.69 Å². The van der Waals surface area contributed by atoms with Crippen LogP contribution in [0.2, 0.25) is 0 Å². The van der Waals surface area contributed by atoms with E-state index in [1.807, 2.05) is 0 Å². The second kappa shape index (κ2) is 5.12. The summed E-state index contributed by atoms with van der Waals surface area (Å²) in [6.45, 7) is 4.62. The summed E-state index contributed by atoms with van der Waals surface area (Å²) < 4.78 is 22.6. The fraction of sp³-hybridized carbons (Fsp3) is 0.643. The number of aromatic nitrogens is 1. The zero-order chi connectivity index (χ0) is 14.1. The van der Waals surface area contributed by atoms with Gasteiger partial charge in [0.05, 0.1) is 11.9 Å². The topological polar surface area (TPSA) is 59.1 Å². The summed E-state index contributed by atoms with van der Waals surface area (Å²) in [4.78, 5) is 3.99. The number of hydrogen-bond acceptors (Lipinski definition) is 4. The molecule has 0 unspecified atom stereocenters. The zero-order valence-electron chi connectivity index (χ0n) is 11.8. The third-order valence-corrected chi connectivity index (χ3v) is 4.83. The fourth-order valence-corrected chi connectivity index (χ4v) is 3.02. The lowest BCUT2D eigenvalue weighted by molar-refractivity contribution is 0.232. The maximum Gasteiger partial charge on any atom is 0.192 e. The van der Waals surface area contributed by atoms with Crippen molar-refractivity contribution in [2.24, 2.45) is 5.41 Å². The molecule has 1 saturated carbocycles. The third-order valence-electron chi connectivity index (χ3n) is 3.83. The number of hydrogen-bond donors (Lipinski definition) is 1. The molecule has 1 fully saturated rings. The minimum atomic E-state index is -3.21. The van der Waals surface area contributed by atoms with Crippen LogP contribution in [0.25, 0.3) is 0 Å². The predicted molar refractivity (Wildman–Crippen MR) is 77.0 cm³/mol. The number of rotatable bonds is 3. The van der Waals surface area contributed by atoms with Crippen molar-refractivity contribution in [3.05, 3.63) is 18.3 Å². The Morgan fingerprint density at radius 2 is 1.89 bits per heavy atom. The Morgan fingerprint density at radius 3 is 2.37 bits per heavy atom. The van der Waals surface area contributed by atoms with Gasteiger partial charge >= 0.3 is 0 Å². The normalized spacial score (nSPS) is 20.2. The number of nitrogens with one attached hydrogen (secondary N) is 1. The molecule has 5 heteroatoms. The minimum Gasteiger partial charge on any atom is -0.381 e. The van der Waals surface area contributed by atoms with Gasteiger partial charge in [0.25, 0.3) is 0 Å². The zero-order valence-corrected chi connectivity index (χ0v) is 12.6. The molecule has 106 valence electrons. The Hall–Kier alpha value is -1.10. The van der Waals surface area contributed by atoms with Gasteiger partial charge in [0, 0.05) is 12.3 Å². The van der Waals surface area contributed by atoms with Crippen LogP contribution in [0.15, 0.2) is 23.4 Å². The number of sulfone groups is 1. The molecule has 0 radical (unpaired) electrons. The summed E-state index contributed by atoms with van der Waals surface area (Å²) >= 11 is 0. The van der Waals surface area contributed by atoms with Crippen LogP contribution in [0.1, 0.15) is 39.5 Å². The smallest absolute Gasteiger partial charge is 0.192 e. The van der Waals surface area contributed by atoms with Gasteiger partial charge in [-0.25, -0.2) is 13.4 Å². The molecule has 1 N–H and O–H groups in total. The van der Waals surface area contributed by atoms with E-state index in [0.717, 1.165) is 18.5 Å². The Bertz CT molecular complexity index is 525. The fourth-order valence-electron chi connectivity index (χ4n) is 2.46. The van der Waals surface area contributed by atoms with E-state index in [-0.39, 0.29) is 5.03 Å². The molecule has 0 amide bonds. The van der Waals surface area contributed by atoms with Gasteiger partial charge in [0.1, 0.15) is 0 Å². The average molecular weight is 282 g/mol. The average Bonchev–Trinajstić information content (AvgIpc) is 2.31. The molecule has 0 atom stereocenters. The first kappa shape index (κ1) is 14.3. The van der Waals surface area contributed by atoms with Crippen LogP contribution in [-0.4, -0.2) is 25.7 Å². The molecule has 0 aromatic carbocycles. The van der Waals surface area contributed by atoms with Crippen molar-refractivity contribution in [2.45, 2.75) is 50.6 Å². The van der Waals surface area contributed by atoms with Gasteiger partial charge in [-0.3, -0.25) is 0 Å². The molecule has 1 aliphatic rings. The van der Waals surface area contributed by atoms with E-state index in [2.05, 4.69) is 24.1 Å². The summed E-state index contributed by atoms with van der Waals surface area (Å²) in [7, 11) is -3.21. The highest BCUT2D eigenvalue weighted by atomic mass is 32.2. The van der Waals surface area contributed by atoms with Gasteiger partial charge in [0.15, 0.2) is 14.9 Å². The standard InChI is InChI=1S/C14H22N2O2S/c1-14(2)8-6-11(7-9-14)16-12-4-5-13(15-10-12)19(3,17)18/h4-5,10-11,16H,6-9H2,1-3H3. The number of pyridine rings is 1. The number of nitrogens with zero attached hydrogens (tertiary/aromatic N) is 1. The first-order valence-electron chi connectivity index (χ1n) is 6.69. The molecule has 1 heterocycles. The Balaban J connectivity index is 1.97. The van der Waals surface area contributed by atoms with E-state index in [0.29, 0.717) is 11.5 Å². The van der Waals surface area contributed by atoms with Crippen molar-refractivity contribution in [2.75, 3.05) is 11.6 Å². The molecule has 1 aromatic rings. The molecule has 0 saturated heterocycles. The van der Waals surface area contributed by atoms with Gasteiger partial charge in [-0.05, 0) is 43.2 Å². The largest absolute Gasteiger partial charge is 0.381 e. The molecular formula is C14H22N2O2S. The Morgan fingerprint density at radius 1 is 1.26 bits per heavy atom. The molecule has 19 heavy (non-hydrogen) atoms. The van der Waals surface area contributed by atoms with E-state index >= 15 is 0 Å². The molecule has 1 aliphatic carbocycles. The second-order valence-corrected chi connectivity index (χ2v) is 8.20. The van der Waals surface area contributed by atoms with Crippen molar-refractivity contribution in [1.82, 2.24) is 4.98 Å². The van der Waals surface area contributed by atoms with Gasteiger partial charge in [-0.15, -0.1) is 0 Å². The SMILES string of the molecule is CC1(C)CCC(Nc2ccc(S(C)(=O)=O)nc2)CC1. The molecule has 2 rings (SSSR count). The van der Waals surface area contributed by atoms with E-state index in [1.54, 1.807) is 18.3 Å². The molecular weight excluding hydrogens is 260 g/mol. The minimum absolute atomic E-state index is 0.128. The highest BCUT2D eigenvalue weighted by Crippen LogP contribution is 2.36. The van der Waals surface area contributed by atoms with Gasteiger partial charge in [0.2, 0.25) is 0 Å². The van der Waals surface area contributed by atoms with E-state index in [4.69, 9.17) is 0 Å². The quantitative estimate of drug-likeness (QED) is 0.926. The van der Waals surface area contributed by atoms with Crippen LogP contribution in [0.5, 0.6) is 0 Å². The summed E-state index contributed by atoms with van der Waals surface area (Å²) in [5.41, 5.74) is 1.36. The third kappa shape index (κ3) is 3.93. The van der Waals surface area contributed by atoms with E-state index < -0.39 is 9.84 Å². The van der Waals surface area contributed by atoms with Crippen molar-refractivity contribution in [3.63, 3.8) is 0 Å². The summed E-state index contributed by atoms with van der Waals surface area (Å²) in [6.07, 6.45) is 7.53. The Kier molecular flexibility index (Phi) is 3.85. The van der Waals surface area contributed by atoms with E-state index in [9.17, 15) is 8.42 Å². The predicted octanol–water partition coefficient (Wildman–Crippen LogP) is 2.87. The van der Waals surface area contributed by atoms with Crippen molar-refractivity contribution < 1.29 is 8.42 Å². The molecule has 0 spiro atoms. The molecule has 0 bridgehead atoms. The lowest BCUT2D eigenvalue weighted by Crippen LogP contribution is -2.29. The van der Waals surface area contributed by atoms with Gasteiger partial charge in [-0.2, -0.15) is 0 Å². The first-order chi connectivity index (χ1) is 8.76. The molecule has 0 aliphatic heterocycles. The van der Waals surface area contributed by atoms with Crippen LogP contribution >= 0.6 is 0 Å².